The topological polar surface area (TPSA) is 50.8 Å². The third-order valence-corrected chi connectivity index (χ3v) is 4.52. The molecule has 0 unspecified atom stereocenters. The van der Waals surface area contributed by atoms with E-state index in [1.807, 2.05) is 43.7 Å². The first kappa shape index (κ1) is 15.8. The number of nitrogens with zero attached hydrogens (tertiary/aromatic N) is 1. The second-order valence-corrected chi connectivity index (χ2v) is 6.43. The number of fused-ring (bicyclic) bond motifs is 1. The summed E-state index contributed by atoms with van der Waals surface area (Å²) >= 11 is 1.66. The van der Waals surface area contributed by atoms with Crippen molar-refractivity contribution >= 4 is 17.2 Å². The molecule has 0 aliphatic carbocycles. The number of ether oxygens (including phenoxy) is 2. The minimum atomic E-state index is -0.616. The predicted molar refractivity (Wildman–Crippen MR) is 90.1 cm³/mol. The molecule has 122 valence electrons. The maximum Gasteiger partial charge on any atom is 0.264 e. The fourth-order valence-corrected chi connectivity index (χ4v) is 3.23. The molecular formula is C17H20N2O3S. The monoisotopic (exact) mass is 332 g/mol. The number of rotatable bonds is 5. The van der Waals surface area contributed by atoms with Gasteiger partial charge >= 0.3 is 0 Å². The van der Waals surface area contributed by atoms with Gasteiger partial charge in [-0.25, -0.2) is 0 Å². The Balaban J connectivity index is 1.59. The van der Waals surface area contributed by atoms with Crippen molar-refractivity contribution in [2.75, 3.05) is 27.2 Å². The van der Waals surface area contributed by atoms with Crippen LogP contribution in [0.4, 0.5) is 0 Å². The van der Waals surface area contributed by atoms with Gasteiger partial charge in [-0.3, -0.25) is 4.79 Å². The number of benzene rings is 1. The fourth-order valence-electron chi connectivity index (χ4n) is 2.52. The number of carbonyl (C=O) groups is 1. The molecule has 1 aromatic carbocycles. The van der Waals surface area contributed by atoms with E-state index in [1.165, 1.54) is 5.56 Å². The lowest BCUT2D eigenvalue weighted by Crippen LogP contribution is -2.46. The van der Waals surface area contributed by atoms with Gasteiger partial charge in [-0.15, -0.1) is 0 Å². The Labute approximate surface area is 139 Å². The second-order valence-electron chi connectivity index (χ2n) is 5.65. The standard InChI is InChI=1S/C17H20N2O3S/c1-19(2)13(12-7-8-23-11-12)9-18-17(20)16-10-21-14-5-3-4-6-15(14)22-16/h3-8,11,13,16H,9-10H2,1-2H3,(H,18,20)/t13-,16-/m0/s1. The average molecular weight is 332 g/mol. The van der Waals surface area contributed by atoms with Gasteiger partial charge in [0.05, 0.1) is 6.04 Å². The van der Waals surface area contributed by atoms with Crippen LogP contribution in [0.1, 0.15) is 11.6 Å². The summed E-state index contributed by atoms with van der Waals surface area (Å²) < 4.78 is 11.3. The van der Waals surface area contributed by atoms with Crippen molar-refractivity contribution in [3.8, 4) is 11.5 Å². The Kier molecular flexibility index (Phi) is 4.83. The largest absolute Gasteiger partial charge is 0.485 e. The summed E-state index contributed by atoms with van der Waals surface area (Å²) in [5.41, 5.74) is 1.20. The first-order valence-corrected chi connectivity index (χ1v) is 8.44. The van der Waals surface area contributed by atoms with E-state index < -0.39 is 6.10 Å². The van der Waals surface area contributed by atoms with Crippen molar-refractivity contribution in [2.45, 2.75) is 12.1 Å². The molecule has 0 saturated carbocycles. The molecule has 1 N–H and O–H groups in total. The van der Waals surface area contributed by atoms with Gasteiger partial charge in [-0.05, 0) is 48.6 Å². The molecule has 0 spiro atoms. The van der Waals surface area contributed by atoms with E-state index in [0.717, 1.165) is 0 Å². The van der Waals surface area contributed by atoms with Gasteiger partial charge in [-0.2, -0.15) is 11.3 Å². The summed E-state index contributed by atoms with van der Waals surface area (Å²) in [4.78, 5) is 14.5. The number of para-hydroxylation sites is 2. The lowest BCUT2D eigenvalue weighted by Gasteiger charge is -2.28. The summed E-state index contributed by atoms with van der Waals surface area (Å²) in [5, 5.41) is 7.12. The molecule has 2 aromatic rings. The highest BCUT2D eigenvalue weighted by Crippen LogP contribution is 2.30. The number of thiophene rings is 1. The Morgan fingerprint density at radius 2 is 2.13 bits per heavy atom. The van der Waals surface area contributed by atoms with Crippen LogP contribution < -0.4 is 14.8 Å². The predicted octanol–water partition coefficient (Wildman–Crippen LogP) is 2.31. The molecule has 5 nitrogen and oxygen atoms in total. The molecule has 0 fully saturated rings. The number of carbonyl (C=O) groups excluding carboxylic acids is 1. The van der Waals surface area contributed by atoms with Crippen molar-refractivity contribution in [1.29, 1.82) is 0 Å². The third kappa shape index (κ3) is 3.65. The van der Waals surface area contributed by atoms with E-state index in [1.54, 1.807) is 11.3 Å². The molecule has 1 amide bonds. The fraction of sp³-hybridized carbons (Fsp3) is 0.353. The number of likely N-dealkylation sites (N-methyl/N-ethyl adjacent to an activating group) is 1. The second kappa shape index (κ2) is 7.02. The van der Waals surface area contributed by atoms with E-state index in [-0.39, 0.29) is 18.6 Å². The number of nitrogens with one attached hydrogen (secondary N) is 1. The Morgan fingerprint density at radius 3 is 2.83 bits per heavy atom. The van der Waals surface area contributed by atoms with Gasteiger partial charge in [-0.1, -0.05) is 12.1 Å². The van der Waals surface area contributed by atoms with E-state index >= 15 is 0 Å². The summed E-state index contributed by atoms with van der Waals surface area (Å²) in [7, 11) is 4.01. The summed E-state index contributed by atoms with van der Waals surface area (Å²) in [6.45, 7) is 0.762. The SMILES string of the molecule is CN(C)[C@@H](CNC(=O)[C@@H]1COc2ccccc2O1)c1ccsc1. The first-order valence-electron chi connectivity index (χ1n) is 7.50. The van der Waals surface area contributed by atoms with Gasteiger partial charge in [0.2, 0.25) is 6.10 Å². The smallest absolute Gasteiger partial charge is 0.264 e. The van der Waals surface area contributed by atoms with Crippen LogP contribution >= 0.6 is 11.3 Å². The molecule has 6 heteroatoms. The summed E-state index contributed by atoms with van der Waals surface area (Å²) in [5.74, 6) is 1.14. The van der Waals surface area contributed by atoms with Gasteiger partial charge in [0.15, 0.2) is 11.5 Å². The van der Waals surface area contributed by atoms with Crippen LogP contribution in [0, 0.1) is 0 Å². The molecule has 3 rings (SSSR count). The van der Waals surface area contributed by atoms with Crippen LogP contribution in [0.25, 0.3) is 0 Å². The van der Waals surface area contributed by atoms with Crippen LogP contribution in [0.5, 0.6) is 11.5 Å². The van der Waals surface area contributed by atoms with Crippen molar-refractivity contribution in [1.82, 2.24) is 10.2 Å². The molecule has 2 heterocycles. The lowest BCUT2D eigenvalue weighted by molar-refractivity contribution is -0.130. The molecule has 2 atom stereocenters. The van der Waals surface area contributed by atoms with Crippen molar-refractivity contribution in [2.24, 2.45) is 0 Å². The van der Waals surface area contributed by atoms with E-state index in [2.05, 4.69) is 21.7 Å². The Morgan fingerprint density at radius 1 is 1.35 bits per heavy atom. The molecule has 23 heavy (non-hydrogen) atoms. The Hall–Kier alpha value is -2.05. The van der Waals surface area contributed by atoms with Crippen LogP contribution in [0.2, 0.25) is 0 Å². The zero-order valence-electron chi connectivity index (χ0n) is 13.2. The van der Waals surface area contributed by atoms with Gasteiger partial charge < -0.3 is 19.7 Å². The summed E-state index contributed by atoms with van der Waals surface area (Å²) in [6.07, 6.45) is -0.616. The number of amides is 1. The highest BCUT2D eigenvalue weighted by molar-refractivity contribution is 7.07. The molecule has 0 bridgehead atoms. The zero-order valence-corrected chi connectivity index (χ0v) is 14.0. The van der Waals surface area contributed by atoms with Gasteiger partial charge in [0, 0.05) is 6.54 Å². The van der Waals surface area contributed by atoms with Crippen LogP contribution in [0.15, 0.2) is 41.1 Å². The quantitative estimate of drug-likeness (QED) is 0.913. The van der Waals surface area contributed by atoms with Crippen LogP contribution in [0.3, 0.4) is 0 Å². The van der Waals surface area contributed by atoms with Crippen LogP contribution in [-0.2, 0) is 4.79 Å². The minimum absolute atomic E-state index is 0.141. The molecule has 0 saturated heterocycles. The maximum absolute atomic E-state index is 12.4. The first-order chi connectivity index (χ1) is 11.1. The summed E-state index contributed by atoms with van der Waals surface area (Å²) in [6, 6.07) is 9.61. The van der Waals surface area contributed by atoms with Crippen molar-refractivity contribution in [3.05, 3.63) is 46.7 Å². The third-order valence-electron chi connectivity index (χ3n) is 3.82. The van der Waals surface area contributed by atoms with Crippen molar-refractivity contribution < 1.29 is 14.3 Å². The maximum atomic E-state index is 12.4. The molecule has 1 aliphatic heterocycles. The van der Waals surface area contributed by atoms with Gasteiger partial charge in [0.25, 0.3) is 5.91 Å². The van der Waals surface area contributed by atoms with Crippen LogP contribution in [-0.4, -0.2) is 44.2 Å². The highest BCUT2D eigenvalue weighted by Gasteiger charge is 2.28. The minimum Gasteiger partial charge on any atom is -0.485 e. The van der Waals surface area contributed by atoms with E-state index in [9.17, 15) is 4.79 Å². The average Bonchev–Trinajstić information content (AvgIpc) is 3.08. The molecule has 1 aromatic heterocycles. The molecule has 1 aliphatic rings. The van der Waals surface area contributed by atoms with Crippen molar-refractivity contribution in [3.63, 3.8) is 0 Å². The molecular weight excluding hydrogens is 312 g/mol. The Bertz CT molecular complexity index is 658. The zero-order chi connectivity index (χ0) is 16.2. The number of hydrogen-bond acceptors (Lipinski definition) is 5. The van der Waals surface area contributed by atoms with E-state index in [0.29, 0.717) is 18.0 Å². The normalized spacial score (nSPS) is 17.8. The molecule has 0 radical (unpaired) electrons. The lowest BCUT2D eigenvalue weighted by atomic mass is 10.1. The highest BCUT2D eigenvalue weighted by atomic mass is 32.1. The number of hydrogen-bond donors (Lipinski definition) is 1. The van der Waals surface area contributed by atoms with E-state index in [4.69, 9.17) is 9.47 Å². The van der Waals surface area contributed by atoms with Gasteiger partial charge in [0.1, 0.15) is 6.61 Å².